The van der Waals surface area contributed by atoms with Crippen LogP contribution in [0.4, 0.5) is 0 Å². The van der Waals surface area contributed by atoms with Crippen molar-refractivity contribution in [2.75, 3.05) is 27.4 Å². The monoisotopic (exact) mass is 266 g/mol. The maximum atomic E-state index is 9.36. The van der Waals surface area contributed by atoms with Crippen LogP contribution in [0.2, 0.25) is 0 Å². The number of hydrogen-bond donors (Lipinski definition) is 3. The molecule has 6 nitrogen and oxygen atoms in total. The van der Waals surface area contributed by atoms with Crippen molar-refractivity contribution in [3.63, 3.8) is 0 Å². The fraction of sp³-hybridized carbons (Fsp3) is 1.00. The summed E-state index contributed by atoms with van der Waals surface area (Å²) in [6.45, 7) is 5.63. The van der Waals surface area contributed by atoms with Crippen LogP contribution in [0.25, 0.3) is 0 Å². The summed E-state index contributed by atoms with van der Waals surface area (Å²) in [4.78, 5) is 0. The second-order valence-corrected chi connectivity index (χ2v) is 4.82. The lowest BCUT2D eigenvalue weighted by atomic mass is 10.0. The SMILES string of the molecule is COC(C)(C)OC.C[C@H]1CO[C@H]([C@H](O)CO)[C@@H]1O. The molecule has 0 spiro atoms. The van der Waals surface area contributed by atoms with Crippen LogP contribution in [0.5, 0.6) is 0 Å². The topological polar surface area (TPSA) is 88.4 Å². The van der Waals surface area contributed by atoms with Gasteiger partial charge < -0.3 is 29.5 Å². The molecular weight excluding hydrogens is 240 g/mol. The number of aliphatic hydroxyl groups excluding tert-OH is 3. The van der Waals surface area contributed by atoms with Gasteiger partial charge in [-0.25, -0.2) is 0 Å². The molecule has 0 aliphatic carbocycles. The summed E-state index contributed by atoms with van der Waals surface area (Å²) in [7, 11) is 3.23. The third kappa shape index (κ3) is 5.60. The number of methoxy groups -OCH3 is 2. The Morgan fingerprint density at radius 1 is 1.33 bits per heavy atom. The van der Waals surface area contributed by atoms with E-state index in [-0.39, 0.29) is 12.5 Å². The quantitative estimate of drug-likeness (QED) is 0.608. The van der Waals surface area contributed by atoms with E-state index in [1.54, 1.807) is 14.2 Å². The first kappa shape index (κ1) is 17.8. The predicted octanol–water partition coefficient (Wildman–Crippen LogP) is -0.249. The van der Waals surface area contributed by atoms with Gasteiger partial charge in [-0.1, -0.05) is 6.92 Å². The highest BCUT2D eigenvalue weighted by atomic mass is 16.7. The summed E-state index contributed by atoms with van der Waals surface area (Å²) in [5.41, 5.74) is 0. The molecule has 0 amide bonds. The minimum absolute atomic E-state index is 0.0428. The van der Waals surface area contributed by atoms with Crippen molar-refractivity contribution in [1.29, 1.82) is 0 Å². The maximum Gasteiger partial charge on any atom is 0.161 e. The van der Waals surface area contributed by atoms with Gasteiger partial charge in [0.1, 0.15) is 12.2 Å². The van der Waals surface area contributed by atoms with Gasteiger partial charge in [0.05, 0.1) is 19.3 Å². The Balaban J connectivity index is 0.000000360. The number of rotatable bonds is 4. The summed E-state index contributed by atoms with van der Waals surface area (Å²) in [6.07, 6.45) is -2.23. The van der Waals surface area contributed by atoms with Crippen LogP contribution in [-0.2, 0) is 14.2 Å². The van der Waals surface area contributed by atoms with Gasteiger partial charge in [-0.15, -0.1) is 0 Å². The molecule has 0 aromatic carbocycles. The van der Waals surface area contributed by atoms with E-state index in [1.807, 2.05) is 20.8 Å². The summed E-state index contributed by atoms with van der Waals surface area (Å²) in [5, 5.41) is 27.0. The zero-order valence-corrected chi connectivity index (χ0v) is 11.8. The molecule has 1 fully saturated rings. The van der Waals surface area contributed by atoms with Crippen LogP contribution in [-0.4, -0.2) is 66.9 Å². The molecule has 0 aromatic rings. The number of aliphatic hydroxyl groups is 3. The van der Waals surface area contributed by atoms with E-state index in [4.69, 9.17) is 24.4 Å². The van der Waals surface area contributed by atoms with Crippen LogP contribution in [0, 0.1) is 5.92 Å². The first-order valence-corrected chi connectivity index (χ1v) is 5.98. The van der Waals surface area contributed by atoms with Crippen molar-refractivity contribution in [1.82, 2.24) is 0 Å². The smallest absolute Gasteiger partial charge is 0.161 e. The Bertz CT molecular complexity index is 215. The first-order valence-electron chi connectivity index (χ1n) is 5.98. The Morgan fingerprint density at radius 2 is 1.83 bits per heavy atom. The fourth-order valence-electron chi connectivity index (χ4n) is 1.31. The molecule has 4 atom stereocenters. The van der Waals surface area contributed by atoms with Gasteiger partial charge in [0, 0.05) is 20.1 Å². The molecule has 0 unspecified atom stereocenters. The lowest BCUT2D eigenvalue weighted by molar-refractivity contribution is -0.178. The standard InChI is InChI=1S/C7H14O4.C5H12O2/c1-4-3-11-7(6(4)10)5(9)2-8;1-5(2,6-3)7-4/h4-10H,2-3H2,1H3;1-4H3/t4-,5+,6+,7+;/m0./s1. The predicted molar refractivity (Wildman–Crippen MR) is 66.1 cm³/mol. The van der Waals surface area contributed by atoms with Crippen LogP contribution < -0.4 is 0 Å². The third-order valence-electron chi connectivity index (χ3n) is 3.02. The van der Waals surface area contributed by atoms with E-state index in [2.05, 4.69) is 0 Å². The van der Waals surface area contributed by atoms with Gasteiger partial charge in [-0.05, 0) is 13.8 Å². The molecule has 110 valence electrons. The van der Waals surface area contributed by atoms with Crippen molar-refractivity contribution in [3.05, 3.63) is 0 Å². The van der Waals surface area contributed by atoms with Crippen molar-refractivity contribution >= 4 is 0 Å². The number of ether oxygens (including phenoxy) is 3. The highest BCUT2D eigenvalue weighted by molar-refractivity contribution is 4.85. The average Bonchev–Trinajstić information content (AvgIpc) is 2.70. The van der Waals surface area contributed by atoms with E-state index in [0.29, 0.717) is 6.61 Å². The van der Waals surface area contributed by atoms with Gasteiger partial charge in [-0.3, -0.25) is 0 Å². The molecule has 3 N–H and O–H groups in total. The molecule has 1 saturated heterocycles. The number of hydrogen-bond acceptors (Lipinski definition) is 6. The van der Waals surface area contributed by atoms with Crippen LogP contribution in [0.3, 0.4) is 0 Å². The van der Waals surface area contributed by atoms with Crippen molar-refractivity contribution in [2.24, 2.45) is 5.92 Å². The van der Waals surface area contributed by atoms with E-state index in [1.165, 1.54) is 0 Å². The molecule has 1 rings (SSSR count). The second-order valence-electron chi connectivity index (χ2n) is 4.82. The fourth-order valence-corrected chi connectivity index (χ4v) is 1.31. The average molecular weight is 266 g/mol. The van der Waals surface area contributed by atoms with E-state index >= 15 is 0 Å². The van der Waals surface area contributed by atoms with Crippen molar-refractivity contribution < 1.29 is 29.5 Å². The highest BCUT2D eigenvalue weighted by Crippen LogP contribution is 2.21. The Kier molecular flexibility index (Phi) is 7.93. The highest BCUT2D eigenvalue weighted by Gasteiger charge is 2.37. The Morgan fingerprint density at radius 3 is 2.06 bits per heavy atom. The summed E-state index contributed by atoms with van der Waals surface area (Å²) in [6, 6.07) is 0. The van der Waals surface area contributed by atoms with Gasteiger partial charge >= 0.3 is 0 Å². The van der Waals surface area contributed by atoms with Gasteiger partial charge in [0.15, 0.2) is 5.79 Å². The summed E-state index contributed by atoms with van der Waals surface area (Å²) in [5.74, 6) is -0.374. The second kappa shape index (κ2) is 8.04. The molecule has 0 bridgehead atoms. The van der Waals surface area contributed by atoms with Crippen LogP contribution >= 0.6 is 0 Å². The lowest BCUT2D eigenvalue weighted by Gasteiger charge is -2.19. The minimum atomic E-state index is -0.963. The van der Waals surface area contributed by atoms with Crippen LogP contribution in [0.15, 0.2) is 0 Å². The molecule has 0 radical (unpaired) electrons. The van der Waals surface area contributed by atoms with E-state index < -0.39 is 24.1 Å². The van der Waals surface area contributed by atoms with Crippen molar-refractivity contribution in [3.8, 4) is 0 Å². The molecule has 0 aromatic heterocycles. The lowest BCUT2D eigenvalue weighted by Crippen LogP contribution is -2.38. The van der Waals surface area contributed by atoms with Gasteiger partial charge in [0.25, 0.3) is 0 Å². The van der Waals surface area contributed by atoms with Crippen molar-refractivity contribution in [2.45, 2.75) is 44.9 Å². The molecular formula is C12H26O6. The zero-order valence-electron chi connectivity index (χ0n) is 11.8. The molecule has 6 heteroatoms. The normalized spacial score (nSPS) is 29.7. The molecule has 0 saturated carbocycles. The van der Waals surface area contributed by atoms with E-state index in [0.717, 1.165) is 0 Å². The molecule has 1 aliphatic rings. The minimum Gasteiger partial charge on any atom is -0.394 e. The first-order chi connectivity index (χ1) is 8.29. The molecule has 1 heterocycles. The van der Waals surface area contributed by atoms with E-state index in [9.17, 15) is 5.11 Å². The summed E-state index contributed by atoms with van der Waals surface area (Å²) < 4.78 is 14.8. The Labute approximate surface area is 108 Å². The molecule has 1 aliphatic heterocycles. The zero-order chi connectivity index (χ0) is 14.3. The summed E-state index contributed by atoms with van der Waals surface area (Å²) >= 11 is 0. The largest absolute Gasteiger partial charge is 0.394 e. The van der Waals surface area contributed by atoms with Gasteiger partial charge in [0.2, 0.25) is 0 Å². The molecule has 18 heavy (non-hydrogen) atoms. The van der Waals surface area contributed by atoms with Gasteiger partial charge in [-0.2, -0.15) is 0 Å². The Hall–Kier alpha value is -0.240. The third-order valence-corrected chi connectivity index (χ3v) is 3.02. The maximum absolute atomic E-state index is 9.36. The van der Waals surface area contributed by atoms with Crippen LogP contribution in [0.1, 0.15) is 20.8 Å².